The Morgan fingerprint density at radius 3 is 2.86 bits per heavy atom. The van der Waals surface area contributed by atoms with Crippen LogP contribution in [0.3, 0.4) is 0 Å². The van der Waals surface area contributed by atoms with E-state index in [1.165, 1.54) is 11.3 Å². The van der Waals surface area contributed by atoms with E-state index >= 15 is 0 Å². The average Bonchev–Trinajstić information content (AvgIpc) is 2.59. The minimum absolute atomic E-state index is 0.0730. The highest BCUT2D eigenvalue weighted by atomic mass is 35.5. The lowest BCUT2D eigenvalue weighted by molar-refractivity contribution is 0.0922. The van der Waals surface area contributed by atoms with Crippen molar-refractivity contribution in [2.24, 2.45) is 11.7 Å². The van der Waals surface area contributed by atoms with E-state index in [1.54, 1.807) is 6.07 Å². The van der Waals surface area contributed by atoms with Crippen LogP contribution in [0.2, 0.25) is 5.02 Å². The van der Waals surface area contributed by atoms with Crippen LogP contribution in [0.25, 0.3) is 0 Å². The van der Waals surface area contributed by atoms with Crippen molar-refractivity contribution in [1.82, 2.24) is 0 Å². The molecule has 1 aromatic heterocycles. The van der Waals surface area contributed by atoms with Crippen molar-refractivity contribution >= 4 is 28.7 Å². The summed E-state index contributed by atoms with van der Waals surface area (Å²) in [6.45, 7) is 2.45. The molecule has 0 radical (unpaired) electrons. The van der Waals surface area contributed by atoms with Gasteiger partial charge >= 0.3 is 0 Å². The van der Waals surface area contributed by atoms with Gasteiger partial charge in [-0.05, 0) is 17.9 Å². The molecule has 0 bridgehead atoms. The number of thiophene rings is 1. The van der Waals surface area contributed by atoms with Gasteiger partial charge in [0.25, 0.3) is 0 Å². The highest BCUT2D eigenvalue weighted by Gasteiger charge is 2.20. The largest absolute Gasteiger partial charge is 0.330 e. The number of hydrogen-bond donors (Lipinski definition) is 1. The Morgan fingerprint density at radius 2 is 2.43 bits per heavy atom. The minimum atomic E-state index is -0.0730. The van der Waals surface area contributed by atoms with Gasteiger partial charge in [0.2, 0.25) is 0 Å². The fraction of sp³-hybridized carbons (Fsp3) is 0.500. The second-order valence-electron chi connectivity index (χ2n) is 3.18. The van der Waals surface area contributed by atoms with Gasteiger partial charge < -0.3 is 5.73 Å². The first-order chi connectivity index (χ1) is 6.70. The molecule has 0 aromatic carbocycles. The number of hydrogen-bond acceptors (Lipinski definition) is 3. The van der Waals surface area contributed by atoms with Crippen LogP contribution in [-0.4, -0.2) is 12.3 Å². The van der Waals surface area contributed by atoms with Crippen molar-refractivity contribution < 1.29 is 4.79 Å². The van der Waals surface area contributed by atoms with Gasteiger partial charge in [0.1, 0.15) is 0 Å². The molecule has 2 N–H and O–H groups in total. The number of carbonyl (C=O) groups excluding carboxylic acids is 1. The second kappa shape index (κ2) is 5.49. The molecule has 4 heteroatoms. The number of Topliss-reactive ketones (excluding diaryl/α,β-unsaturated/α-hetero) is 1. The molecular formula is C10H14ClNOS. The third-order valence-electron chi connectivity index (χ3n) is 2.13. The Kier molecular flexibility index (Phi) is 4.58. The molecule has 0 aliphatic carbocycles. The van der Waals surface area contributed by atoms with Crippen molar-refractivity contribution in [2.75, 3.05) is 6.54 Å². The fourth-order valence-corrected chi connectivity index (χ4v) is 2.53. The Balaban J connectivity index is 2.78. The molecule has 1 unspecified atom stereocenters. The maximum absolute atomic E-state index is 11.9. The monoisotopic (exact) mass is 231 g/mol. The summed E-state index contributed by atoms with van der Waals surface area (Å²) in [7, 11) is 0. The van der Waals surface area contributed by atoms with E-state index in [1.807, 2.05) is 12.3 Å². The van der Waals surface area contributed by atoms with Gasteiger partial charge in [-0.1, -0.05) is 24.9 Å². The number of carbonyl (C=O) groups is 1. The lowest BCUT2D eigenvalue weighted by atomic mass is 9.98. The first-order valence-electron chi connectivity index (χ1n) is 4.68. The van der Waals surface area contributed by atoms with E-state index in [-0.39, 0.29) is 11.7 Å². The van der Waals surface area contributed by atoms with Crippen LogP contribution in [0.4, 0.5) is 0 Å². The highest BCUT2D eigenvalue weighted by Crippen LogP contribution is 2.26. The zero-order valence-electron chi connectivity index (χ0n) is 8.13. The van der Waals surface area contributed by atoms with Crippen LogP contribution >= 0.6 is 22.9 Å². The summed E-state index contributed by atoms with van der Waals surface area (Å²) in [5.41, 5.74) is 5.56. The predicted molar refractivity (Wildman–Crippen MR) is 61.1 cm³/mol. The van der Waals surface area contributed by atoms with Crippen molar-refractivity contribution in [3.05, 3.63) is 21.3 Å². The number of halogens is 1. The van der Waals surface area contributed by atoms with Crippen molar-refractivity contribution in [2.45, 2.75) is 19.8 Å². The van der Waals surface area contributed by atoms with Crippen LogP contribution in [0.15, 0.2) is 11.4 Å². The van der Waals surface area contributed by atoms with Crippen LogP contribution in [0, 0.1) is 5.92 Å². The fourth-order valence-electron chi connectivity index (χ4n) is 1.36. The maximum atomic E-state index is 11.9. The lowest BCUT2D eigenvalue weighted by Crippen LogP contribution is -2.23. The van der Waals surface area contributed by atoms with E-state index in [4.69, 9.17) is 17.3 Å². The van der Waals surface area contributed by atoms with Crippen LogP contribution in [0.5, 0.6) is 0 Å². The summed E-state index contributed by atoms with van der Waals surface area (Å²) in [4.78, 5) is 12.5. The van der Waals surface area contributed by atoms with Crippen LogP contribution < -0.4 is 5.73 Å². The van der Waals surface area contributed by atoms with Gasteiger partial charge in [0.15, 0.2) is 5.78 Å². The van der Waals surface area contributed by atoms with Crippen LogP contribution in [-0.2, 0) is 0 Å². The van der Waals surface area contributed by atoms with E-state index in [9.17, 15) is 4.79 Å². The molecular weight excluding hydrogens is 218 g/mol. The van der Waals surface area contributed by atoms with E-state index in [0.717, 1.165) is 12.8 Å². The Hall–Kier alpha value is -0.380. The minimum Gasteiger partial charge on any atom is -0.330 e. The standard InChI is InChI=1S/C10H14ClNOS/c1-2-3-7(6-12)9(13)10-8(11)4-5-14-10/h4-5,7H,2-3,6,12H2,1H3. The topological polar surface area (TPSA) is 43.1 Å². The first kappa shape index (κ1) is 11.7. The predicted octanol–water partition coefficient (Wildman–Crippen LogP) is 2.96. The molecule has 0 aliphatic rings. The van der Waals surface area contributed by atoms with E-state index in [2.05, 4.69) is 0 Å². The van der Waals surface area contributed by atoms with Crippen molar-refractivity contribution in [3.63, 3.8) is 0 Å². The molecule has 0 saturated carbocycles. The zero-order chi connectivity index (χ0) is 10.6. The Morgan fingerprint density at radius 1 is 1.71 bits per heavy atom. The molecule has 0 amide bonds. The molecule has 78 valence electrons. The molecule has 0 aliphatic heterocycles. The third-order valence-corrected chi connectivity index (χ3v) is 3.49. The molecule has 0 spiro atoms. The summed E-state index contributed by atoms with van der Waals surface area (Å²) < 4.78 is 0. The summed E-state index contributed by atoms with van der Waals surface area (Å²) >= 11 is 7.27. The SMILES string of the molecule is CCCC(CN)C(=O)c1sccc1Cl. The smallest absolute Gasteiger partial charge is 0.178 e. The van der Waals surface area contributed by atoms with Gasteiger partial charge in [0.05, 0.1) is 9.90 Å². The summed E-state index contributed by atoms with van der Waals surface area (Å²) in [5.74, 6) is 0.0190. The number of nitrogens with two attached hydrogens (primary N) is 1. The zero-order valence-corrected chi connectivity index (χ0v) is 9.70. The van der Waals surface area contributed by atoms with Crippen LogP contribution in [0.1, 0.15) is 29.4 Å². The maximum Gasteiger partial charge on any atom is 0.178 e. The lowest BCUT2D eigenvalue weighted by Gasteiger charge is -2.10. The first-order valence-corrected chi connectivity index (χ1v) is 5.93. The molecule has 0 saturated heterocycles. The quantitative estimate of drug-likeness (QED) is 0.792. The molecule has 1 aromatic rings. The van der Waals surface area contributed by atoms with E-state index < -0.39 is 0 Å². The average molecular weight is 232 g/mol. The van der Waals surface area contributed by atoms with Gasteiger partial charge in [-0.2, -0.15) is 0 Å². The molecule has 2 nitrogen and oxygen atoms in total. The highest BCUT2D eigenvalue weighted by molar-refractivity contribution is 7.12. The Bertz CT molecular complexity index is 311. The molecule has 14 heavy (non-hydrogen) atoms. The van der Waals surface area contributed by atoms with Gasteiger partial charge in [-0.15, -0.1) is 11.3 Å². The molecule has 1 heterocycles. The third kappa shape index (κ3) is 2.56. The van der Waals surface area contributed by atoms with Crippen molar-refractivity contribution in [1.29, 1.82) is 0 Å². The number of ketones is 1. The number of rotatable bonds is 5. The summed E-state index contributed by atoms with van der Waals surface area (Å²) in [6.07, 6.45) is 1.81. The molecule has 1 rings (SSSR count). The van der Waals surface area contributed by atoms with Gasteiger partial charge in [-0.3, -0.25) is 4.79 Å². The van der Waals surface area contributed by atoms with E-state index in [0.29, 0.717) is 16.4 Å². The van der Waals surface area contributed by atoms with Gasteiger partial charge in [0, 0.05) is 12.5 Å². The molecule has 1 atom stereocenters. The Labute approximate surface area is 93.1 Å². The summed E-state index contributed by atoms with van der Waals surface area (Å²) in [5, 5.41) is 2.38. The normalized spacial score (nSPS) is 12.8. The second-order valence-corrected chi connectivity index (χ2v) is 4.51. The molecule has 0 fully saturated rings. The van der Waals surface area contributed by atoms with Crippen molar-refractivity contribution in [3.8, 4) is 0 Å². The summed E-state index contributed by atoms with van der Waals surface area (Å²) in [6, 6.07) is 1.75. The van der Waals surface area contributed by atoms with Gasteiger partial charge in [-0.25, -0.2) is 0 Å².